The lowest BCUT2D eigenvalue weighted by Crippen LogP contribution is -2.47. The summed E-state index contributed by atoms with van der Waals surface area (Å²) in [6.07, 6.45) is 4.22. The van der Waals surface area contributed by atoms with Crippen LogP contribution < -0.4 is 9.47 Å². The zero-order valence-electron chi connectivity index (χ0n) is 19.6. The summed E-state index contributed by atoms with van der Waals surface area (Å²) in [6.45, 7) is 4.37. The Morgan fingerprint density at radius 2 is 1.38 bits per heavy atom. The predicted octanol–water partition coefficient (Wildman–Crippen LogP) is 5.40. The average Bonchev–Trinajstić information content (AvgIpc) is 2.87. The molecule has 0 radical (unpaired) electrons. The minimum Gasteiger partial charge on any atom is -0.497 e. The first-order chi connectivity index (χ1) is 16.6. The van der Waals surface area contributed by atoms with Gasteiger partial charge in [-0.1, -0.05) is 36.4 Å². The molecule has 1 saturated heterocycles. The summed E-state index contributed by atoms with van der Waals surface area (Å²) in [7, 11) is 3.30. The van der Waals surface area contributed by atoms with Crippen LogP contribution in [0.4, 0.5) is 8.78 Å². The molecule has 0 unspecified atom stereocenters. The Labute approximate surface area is 200 Å². The van der Waals surface area contributed by atoms with E-state index in [1.165, 1.54) is 24.3 Å². The third-order valence-corrected chi connectivity index (χ3v) is 6.25. The second-order valence-corrected chi connectivity index (χ2v) is 8.35. The minimum atomic E-state index is -0.258. The van der Waals surface area contributed by atoms with Crippen LogP contribution in [-0.2, 0) is 0 Å². The maximum atomic E-state index is 13.5. The number of benzene rings is 3. The van der Waals surface area contributed by atoms with Crippen molar-refractivity contribution in [2.45, 2.75) is 6.04 Å². The van der Waals surface area contributed by atoms with Crippen molar-refractivity contribution in [2.24, 2.45) is 0 Å². The fourth-order valence-corrected chi connectivity index (χ4v) is 4.39. The molecular formula is C28H30F2N2O2. The molecule has 178 valence electrons. The number of halogens is 2. The van der Waals surface area contributed by atoms with Gasteiger partial charge in [0.25, 0.3) is 0 Å². The number of hydrogen-bond acceptors (Lipinski definition) is 4. The summed E-state index contributed by atoms with van der Waals surface area (Å²) in [6, 6.07) is 19.0. The summed E-state index contributed by atoms with van der Waals surface area (Å²) in [5.74, 6) is 1.03. The molecule has 0 atom stereocenters. The molecule has 1 aliphatic heterocycles. The SMILES string of the molecule is COc1ccc(/C=C/CN2CCN(C(c3ccc(F)cc3)c3ccc(F)cc3)CC2)c(OC)c1. The van der Waals surface area contributed by atoms with E-state index in [2.05, 4.69) is 22.0 Å². The van der Waals surface area contributed by atoms with Crippen LogP contribution in [0.1, 0.15) is 22.7 Å². The maximum Gasteiger partial charge on any atom is 0.129 e. The lowest BCUT2D eigenvalue weighted by molar-refractivity contribution is 0.118. The zero-order valence-corrected chi connectivity index (χ0v) is 19.6. The number of piperazine rings is 1. The van der Waals surface area contributed by atoms with Gasteiger partial charge in [0, 0.05) is 44.4 Å². The standard InChI is InChI=1S/C28H30F2N2O2/c1-33-26-14-9-21(27(20-26)34-2)4-3-15-31-16-18-32(19-17-31)28(22-5-10-24(29)11-6-22)23-7-12-25(30)13-8-23/h3-14,20,28H,15-19H2,1-2H3/b4-3+. The van der Waals surface area contributed by atoms with Crippen LogP contribution in [0.5, 0.6) is 11.5 Å². The zero-order chi connectivity index (χ0) is 23.9. The van der Waals surface area contributed by atoms with E-state index in [9.17, 15) is 8.78 Å². The number of ether oxygens (including phenoxy) is 2. The Morgan fingerprint density at radius 1 is 0.794 bits per heavy atom. The van der Waals surface area contributed by atoms with Crippen LogP contribution in [0.15, 0.2) is 72.8 Å². The second kappa shape index (κ2) is 11.3. The molecule has 0 N–H and O–H groups in total. The van der Waals surface area contributed by atoms with Crippen LogP contribution >= 0.6 is 0 Å². The van der Waals surface area contributed by atoms with Crippen LogP contribution in [0.3, 0.4) is 0 Å². The van der Waals surface area contributed by atoms with Crippen molar-refractivity contribution in [3.05, 3.63) is 101 Å². The van der Waals surface area contributed by atoms with Gasteiger partial charge in [-0.2, -0.15) is 0 Å². The van der Waals surface area contributed by atoms with Gasteiger partial charge < -0.3 is 9.47 Å². The Morgan fingerprint density at radius 3 is 1.91 bits per heavy atom. The normalized spacial score (nSPS) is 15.2. The lowest BCUT2D eigenvalue weighted by atomic mass is 9.96. The van der Waals surface area contributed by atoms with Crippen LogP contribution in [0.2, 0.25) is 0 Å². The minimum absolute atomic E-state index is 0.0394. The van der Waals surface area contributed by atoms with Crippen molar-refractivity contribution >= 4 is 6.08 Å². The van der Waals surface area contributed by atoms with Gasteiger partial charge >= 0.3 is 0 Å². The van der Waals surface area contributed by atoms with Crippen molar-refractivity contribution in [1.82, 2.24) is 9.80 Å². The molecule has 0 saturated carbocycles. The van der Waals surface area contributed by atoms with E-state index in [1.807, 2.05) is 42.5 Å². The van der Waals surface area contributed by atoms with Crippen molar-refractivity contribution < 1.29 is 18.3 Å². The molecule has 3 aromatic carbocycles. The van der Waals surface area contributed by atoms with Crippen molar-refractivity contribution in [2.75, 3.05) is 46.9 Å². The smallest absolute Gasteiger partial charge is 0.129 e. The summed E-state index contributed by atoms with van der Waals surface area (Å²) < 4.78 is 37.8. The first-order valence-corrected chi connectivity index (χ1v) is 11.4. The van der Waals surface area contributed by atoms with Gasteiger partial charge in [0.05, 0.1) is 20.3 Å². The molecule has 0 amide bonds. The molecule has 0 bridgehead atoms. The third kappa shape index (κ3) is 5.82. The summed E-state index contributed by atoms with van der Waals surface area (Å²) >= 11 is 0. The molecule has 6 heteroatoms. The van der Waals surface area contributed by atoms with Crippen molar-refractivity contribution in [3.63, 3.8) is 0 Å². The van der Waals surface area contributed by atoms with E-state index < -0.39 is 0 Å². The molecule has 0 aromatic heterocycles. The molecule has 1 fully saturated rings. The van der Waals surface area contributed by atoms with Crippen LogP contribution in [0.25, 0.3) is 6.08 Å². The number of rotatable bonds is 8. The topological polar surface area (TPSA) is 24.9 Å². The molecule has 1 aliphatic rings. The quantitative estimate of drug-likeness (QED) is 0.446. The van der Waals surface area contributed by atoms with Gasteiger partial charge in [0.2, 0.25) is 0 Å². The number of nitrogens with zero attached hydrogens (tertiary/aromatic N) is 2. The largest absolute Gasteiger partial charge is 0.497 e. The molecule has 4 nitrogen and oxygen atoms in total. The Balaban J connectivity index is 1.41. The third-order valence-electron chi connectivity index (χ3n) is 6.25. The molecular weight excluding hydrogens is 434 g/mol. The first-order valence-electron chi connectivity index (χ1n) is 11.4. The predicted molar refractivity (Wildman–Crippen MR) is 131 cm³/mol. The highest BCUT2D eigenvalue weighted by Crippen LogP contribution is 2.30. The van der Waals surface area contributed by atoms with Crippen LogP contribution in [-0.4, -0.2) is 56.7 Å². The van der Waals surface area contributed by atoms with Gasteiger partial charge in [-0.25, -0.2) is 8.78 Å². The fraction of sp³-hybridized carbons (Fsp3) is 0.286. The molecule has 0 aliphatic carbocycles. The highest BCUT2D eigenvalue weighted by atomic mass is 19.1. The van der Waals surface area contributed by atoms with Gasteiger partial charge in [-0.3, -0.25) is 9.80 Å². The van der Waals surface area contributed by atoms with Gasteiger partial charge in [0.15, 0.2) is 0 Å². The van der Waals surface area contributed by atoms with Crippen molar-refractivity contribution in [3.8, 4) is 11.5 Å². The molecule has 3 aromatic rings. The molecule has 0 spiro atoms. The fourth-order valence-electron chi connectivity index (χ4n) is 4.39. The number of methoxy groups -OCH3 is 2. The monoisotopic (exact) mass is 464 g/mol. The summed E-state index contributed by atoms with van der Waals surface area (Å²) in [5.41, 5.74) is 3.02. The summed E-state index contributed by atoms with van der Waals surface area (Å²) in [4.78, 5) is 4.78. The van der Waals surface area contributed by atoms with E-state index in [4.69, 9.17) is 9.47 Å². The van der Waals surface area contributed by atoms with E-state index in [0.717, 1.165) is 60.9 Å². The summed E-state index contributed by atoms with van der Waals surface area (Å²) in [5, 5.41) is 0. The molecule has 4 rings (SSSR count). The number of hydrogen-bond donors (Lipinski definition) is 0. The average molecular weight is 465 g/mol. The van der Waals surface area contributed by atoms with Gasteiger partial charge in [0.1, 0.15) is 23.1 Å². The Hall–Kier alpha value is -3.22. The Bertz CT molecular complexity index is 1050. The Kier molecular flexibility index (Phi) is 7.93. The highest BCUT2D eigenvalue weighted by molar-refractivity contribution is 5.59. The van der Waals surface area contributed by atoms with Gasteiger partial charge in [-0.15, -0.1) is 0 Å². The van der Waals surface area contributed by atoms with Gasteiger partial charge in [-0.05, 0) is 47.5 Å². The van der Waals surface area contributed by atoms with E-state index in [1.54, 1.807) is 14.2 Å². The van der Waals surface area contributed by atoms with Crippen molar-refractivity contribution in [1.29, 1.82) is 0 Å². The molecule has 34 heavy (non-hydrogen) atoms. The first kappa shape index (κ1) is 23.9. The molecule has 1 heterocycles. The lowest BCUT2D eigenvalue weighted by Gasteiger charge is -2.39. The van der Waals surface area contributed by atoms with E-state index in [0.29, 0.717) is 0 Å². The second-order valence-electron chi connectivity index (χ2n) is 8.35. The van der Waals surface area contributed by atoms with Crippen LogP contribution in [0, 0.1) is 11.6 Å². The highest BCUT2D eigenvalue weighted by Gasteiger charge is 2.26. The van der Waals surface area contributed by atoms with E-state index in [-0.39, 0.29) is 17.7 Å². The maximum absolute atomic E-state index is 13.5. The van der Waals surface area contributed by atoms with E-state index >= 15 is 0 Å².